The Morgan fingerprint density at radius 3 is 2.64 bits per heavy atom. The number of hydrogen-bond donors (Lipinski definition) is 0. The van der Waals surface area contributed by atoms with Gasteiger partial charge < -0.3 is 4.74 Å². The Balaban J connectivity index is 2.93. The van der Waals surface area contributed by atoms with Crippen molar-refractivity contribution in [3.05, 3.63) is 9.66 Å². The number of methoxy groups -OCH3 is 1. The molecule has 0 amide bonds. The first kappa shape index (κ1) is 8.92. The summed E-state index contributed by atoms with van der Waals surface area (Å²) in [4.78, 5) is 4.19. The second kappa shape index (κ2) is 3.48. The van der Waals surface area contributed by atoms with Gasteiger partial charge >= 0.3 is 0 Å². The summed E-state index contributed by atoms with van der Waals surface area (Å²) in [6.07, 6.45) is 0.0102. The minimum Gasteiger partial charge on any atom is -0.374 e. The van der Waals surface area contributed by atoms with E-state index >= 15 is 0 Å². The Hall–Kier alpha value is -0.170. The number of aryl methyl sites for hydroxylation is 1. The Kier molecular flexibility index (Phi) is 2.83. The summed E-state index contributed by atoms with van der Waals surface area (Å²) in [5, 5.41) is 4.09. The van der Waals surface area contributed by atoms with Gasteiger partial charge in [-0.25, -0.2) is 9.67 Å². The van der Waals surface area contributed by atoms with Crippen molar-refractivity contribution in [2.75, 3.05) is 7.11 Å². The Labute approximate surface area is 79.1 Å². The average molecular weight is 267 g/mol. The normalized spacial score (nSPS) is 13.5. The van der Waals surface area contributed by atoms with Crippen LogP contribution in [0.25, 0.3) is 0 Å². The second-order valence-corrected chi connectivity index (χ2v) is 3.21. The lowest BCUT2D eigenvalue weighted by Gasteiger charge is -2.06. The van der Waals surface area contributed by atoms with Gasteiger partial charge in [0.1, 0.15) is 6.10 Å². The number of ether oxygens (including phenoxy) is 1. The van der Waals surface area contributed by atoms with Crippen molar-refractivity contribution in [1.29, 1.82) is 0 Å². The summed E-state index contributed by atoms with van der Waals surface area (Å²) in [6.45, 7) is 1.94. The van der Waals surface area contributed by atoms with Gasteiger partial charge in [-0.05, 0) is 6.92 Å². The minimum absolute atomic E-state index is 0.0102. The molecule has 0 saturated carbocycles. The third-order valence-electron chi connectivity index (χ3n) is 1.49. The minimum atomic E-state index is 0.0102. The van der Waals surface area contributed by atoms with Gasteiger partial charge in [0.2, 0.25) is 3.83 Å². The topological polar surface area (TPSA) is 39.9 Å². The van der Waals surface area contributed by atoms with Crippen LogP contribution in [0.4, 0.5) is 0 Å². The fourth-order valence-electron chi connectivity index (χ4n) is 0.824. The Morgan fingerprint density at radius 1 is 1.64 bits per heavy atom. The van der Waals surface area contributed by atoms with Crippen LogP contribution in [0.5, 0.6) is 0 Å². The monoisotopic (exact) mass is 267 g/mol. The molecule has 1 unspecified atom stereocenters. The van der Waals surface area contributed by atoms with Crippen molar-refractivity contribution in [2.24, 2.45) is 7.05 Å². The molecule has 0 N–H and O–H groups in total. The Bertz CT molecular complexity index is 248. The van der Waals surface area contributed by atoms with Gasteiger partial charge in [-0.1, -0.05) is 0 Å². The van der Waals surface area contributed by atoms with Gasteiger partial charge in [0.25, 0.3) is 0 Å². The van der Waals surface area contributed by atoms with Gasteiger partial charge in [-0.15, -0.1) is 5.10 Å². The summed E-state index contributed by atoms with van der Waals surface area (Å²) in [6, 6.07) is 0. The highest BCUT2D eigenvalue weighted by Gasteiger charge is 2.11. The maximum Gasteiger partial charge on any atom is 0.211 e. The molecule has 1 aromatic rings. The number of hydrogen-bond acceptors (Lipinski definition) is 3. The third-order valence-corrected chi connectivity index (χ3v) is 1.95. The van der Waals surface area contributed by atoms with Crippen LogP contribution in [0, 0.1) is 3.83 Å². The second-order valence-electron chi connectivity index (χ2n) is 2.24. The van der Waals surface area contributed by atoms with E-state index in [4.69, 9.17) is 4.74 Å². The molecule has 1 heterocycles. The number of halogens is 1. The molecule has 11 heavy (non-hydrogen) atoms. The quantitative estimate of drug-likeness (QED) is 0.754. The SMILES string of the molecule is COC(C)c1nc(I)nn1C. The van der Waals surface area contributed by atoms with Crippen LogP contribution < -0.4 is 0 Å². The highest BCUT2D eigenvalue weighted by Crippen LogP contribution is 2.12. The summed E-state index contributed by atoms with van der Waals surface area (Å²) >= 11 is 2.08. The summed E-state index contributed by atoms with van der Waals surface area (Å²) in [5.74, 6) is 0.858. The fraction of sp³-hybridized carbons (Fsp3) is 0.667. The standard InChI is InChI=1S/C6H10IN3O/c1-4(11-3)5-8-6(7)9-10(5)2/h4H,1-3H3. The molecule has 1 aromatic heterocycles. The molecule has 0 fully saturated rings. The third kappa shape index (κ3) is 1.90. The molecule has 5 heteroatoms. The molecule has 62 valence electrons. The van der Waals surface area contributed by atoms with Crippen molar-refractivity contribution in [3.63, 3.8) is 0 Å². The van der Waals surface area contributed by atoms with Gasteiger partial charge in [-0.2, -0.15) is 0 Å². The largest absolute Gasteiger partial charge is 0.374 e. The molecule has 0 radical (unpaired) electrons. The predicted octanol–water partition coefficient (Wildman–Crippen LogP) is 1.13. The molecule has 0 saturated heterocycles. The number of nitrogens with zero attached hydrogens (tertiary/aromatic N) is 3. The molecular formula is C6H10IN3O. The molecular weight excluding hydrogens is 257 g/mol. The van der Waals surface area contributed by atoms with Crippen LogP contribution >= 0.6 is 22.6 Å². The molecule has 0 spiro atoms. The molecule has 0 aromatic carbocycles. The van der Waals surface area contributed by atoms with Crippen LogP contribution in [0.1, 0.15) is 18.9 Å². The van der Waals surface area contributed by atoms with E-state index in [1.54, 1.807) is 11.8 Å². The lowest BCUT2D eigenvalue weighted by atomic mass is 10.4. The zero-order valence-electron chi connectivity index (χ0n) is 6.71. The summed E-state index contributed by atoms with van der Waals surface area (Å²) in [5.41, 5.74) is 0. The van der Waals surface area contributed by atoms with E-state index in [-0.39, 0.29) is 6.10 Å². The lowest BCUT2D eigenvalue weighted by molar-refractivity contribution is 0.108. The smallest absolute Gasteiger partial charge is 0.211 e. The lowest BCUT2D eigenvalue weighted by Crippen LogP contribution is -2.05. The number of rotatable bonds is 2. The molecule has 0 bridgehead atoms. The van der Waals surface area contributed by atoms with Crippen LogP contribution in [0.15, 0.2) is 0 Å². The predicted molar refractivity (Wildman–Crippen MR) is 49.1 cm³/mol. The highest BCUT2D eigenvalue weighted by molar-refractivity contribution is 14.1. The van der Waals surface area contributed by atoms with E-state index in [0.717, 1.165) is 9.66 Å². The van der Waals surface area contributed by atoms with Crippen molar-refractivity contribution in [3.8, 4) is 0 Å². The van der Waals surface area contributed by atoms with E-state index in [1.165, 1.54) is 0 Å². The van der Waals surface area contributed by atoms with Crippen molar-refractivity contribution < 1.29 is 4.74 Å². The van der Waals surface area contributed by atoms with Gasteiger partial charge in [0.15, 0.2) is 5.82 Å². The molecule has 0 aliphatic heterocycles. The zero-order valence-corrected chi connectivity index (χ0v) is 8.86. The summed E-state index contributed by atoms with van der Waals surface area (Å²) < 4.78 is 7.59. The van der Waals surface area contributed by atoms with Crippen molar-refractivity contribution >= 4 is 22.6 Å². The van der Waals surface area contributed by atoms with E-state index in [9.17, 15) is 0 Å². The number of aromatic nitrogens is 3. The van der Waals surface area contributed by atoms with Gasteiger partial charge in [-0.3, -0.25) is 0 Å². The zero-order chi connectivity index (χ0) is 8.43. The molecule has 1 atom stereocenters. The molecule has 1 rings (SSSR count). The van der Waals surface area contributed by atoms with E-state index in [2.05, 4.69) is 32.7 Å². The Morgan fingerprint density at radius 2 is 2.27 bits per heavy atom. The van der Waals surface area contributed by atoms with Crippen molar-refractivity contribution in [2.45, 2.75) is 13.0 Å². The maximum atomic E-state index is 5.10. The van der Waals surface area contributed by atoms with Crippen LogP contribution in [0.3, 0.4) is 0 Å². The van der Waals surface area contributed by atoms with Gasteiger partial charge in [0, 0.05) is 36.7 Å². The van der Waals surface area contributed by atoms with Crippen LogP contribution in [-0.2, 0) is 11.8 Å². The highest BCUT2D eigenvalue weighted by atomic mass is 127. The van der Waals surface area contributed by atoms with E-state index in [0.29, 0.717) is 0 Å². The fourth-order valence-corrected chi connectivity index (χ4v) is 1.39. The maximum absolute atomic E-state index is 5.10. The average Bonchev–Trinajstić information content (AvgIpc) is 2.28. The summed E-state index contributed by atoms with van der Waals surface area (Å²) in [7, 11) is 3.52. The van der Waals surface area contributed by atoms with Gasteiger partial charge in [0.05, 0.1) is 0 Å². The molecule has 4 nitrogen and oxygen atoms in total. The van der Waals surface area contributed by atoms with Crippen LogP contribution in [0.2, 0.25) is 0 Å². The van der Waals surface area contributed by atoms with E-state index < -0.39 is 0 Å². The molecule has 0 aliphatic rings. The van der Waals surface area contributed by atoms with E-state index in [1.807, 2.05) is 14.0 Å². The first-order valence-corrected chi connectivity index (χ1v) is 4.32. The molecule has 0 aliphatic carbocycles. The first-order chi connectivity index (χ1) is 5.15. The van der Waals surface area contributed by atoms with Crippen LogP contribution in [-0.4, -0.2) is 21.9 Å². The van der Waals surface area contributed by atoms with Crippen molar-refractivity contribution in [1.82, 2.24) is 14.8 Å². The first-order valence-electron chi connectivity index (χ1n) is 3.24.